The van der Waals surface area contributed by atoms with Crippen LogP contribution >= 0.6 is 0 Å². The summed E-state index contributed by atoms with van der Waals surface area (Å²) >= 11 is 0. The Balaban J connectivity index is 2.23. The molecule has 98 valence electrons. The van der Waals surface area contributed by atoms with Crippen molar-refractivity contribution >= 4 is 22.4 Å². The van der Waals surface area contributed by atoms with Crippen molar-refractivity contribution in [3.8, 4) is 0 Å². The summed E-state index contributed by atoms with van der Waals surface area (Å²) in [4.78, 5) is 13.5. The SMILES string of the molecule is Nc1cc(F)c(F)cc1C(=O)N1CCS(=O)CC1. The minimum absolute atomic E-state index is 0.0541. The van der Waals surface area contributed by atoms with Crippen molar-refractivity contribution in [1.29, 1.82) is 0 Å². The lowest BCUT2D eigenvalue weighted by Gasteiger charge is -2.26. The van der Waals surface area contributed by atoms with Gasteiger partial charge in [-0.15, -0.1) is 0 Å². The summed E-state index contributed by atoms with van der Waals surface area (Å²) in [5, 5.41) is 0. The second kappa shape index (κ2) is 5.01. The molecule has 0 saturated carbocycles. The van der Waals surface area contributed by atoms with Gasteiger partial charge in [-0.1, -0.05) is 0 Å². The average Bonchev–Trinajstić information content (AvgIpc) is 2.34. The fourth-order valence-corrected chi connectivity index (χ4v) is 2.81. The zero-order valence-corrected chi connectivity index (χ0v) is 10.3. The van der Waals surface area contributed by atoms with Crippen molar-refractivity contribution < 1.29 is 17.8 Å². The van der Waals surface area contributed by atoms with E-state index in [0.29, 0.717) is 24.6 Å². The van der Waals surface area contributed by atoms with Crippen LogP contribution < -0.4 is 5.73 Å². The van der Waals surface area contributed by atoms with Gasteiger partial charge in [-0.25, -0.2) is 8.78 Å². The van der Waals surface area contributed by atoms with Crippen LogP contribution in [0.25, 0.3) is 0 Å². The molecule has 2 N–H and O–H groups in total. The molecule has 1 aromatic rings. The van der Waals surface area contributed by atoms with Crippen LogP contribution in [-0.4, -0.2) is 39.6 Å². The van der Waals surface area contributed by atoms with Crippen molar-refractivity contribution in [3.63, 3.8) is 0 Å². The zero-order chi connectivity index (χ0) is 13.3. The van der Waals surface area contributed by atoms with Crippen molar-refractivity contribution in [2.45, 2.75) is 0 Å². The van der Waals surface area contributed by atoms with Crippen LogP contribution in [0.5, 0.6) is 0 Å². The number of hydrogen-bond acceptors (Lipinski definition) is 3. The molecule has 1 heterocycles. The van der Waals surface area contributed by atoms with E-state index < -0.39 is 28.3 Å². The number of benzene rings is 1. The third-order valence-electron chi connectivity index (χ3n) is 2.79. The highest BCUT2D eigenvalue weighted by molar-refractivity contribution is 7.85. The minimum Gasteiger partial charge on any atom is -0.398 e. The molecule has 1 amide bonds. The van der Waals surface area contributed by atoms with Gasteiger partial charge in [0.25, 0.3) is 5.91 Å². The van der Waals surface area contributed by atoms with E-state index in [-0.39, 0.29) is 11.3 Å². The normalized spacial score (nSPS) is 16.9. The predicted molar refractivity (Wildman–Crippen MR) is 64.6 cm³/mol. The smallest absolute Gasteiger partial charge is 0.256 e. The maximum absolute atomic E-state index is 13.1. The van der Waals surface area contributed by atoms with Crippen molar-refractivity contribution in [2.75, 3.05) is 30.3 Å². The van der Waals surface area contributed by atoms with E-state index in [4.69, 9.17) is 5.73 Å². The topological polar surface area (TPSA) is 63.4 Å². The number of carbonyl (C=O) groups is 1. The summed E-state index contributed by atoms with van der Waals surface area (Å²) in [5.41, 5.74) is 5.36. The zero-order valence-electron chi connectivity index (χ0n) is 9.49. The number of halogens is 2. The van der Waals surface area contributed by atoms with E-state index >= 15 is 0 Å². The number of nitrogens with two attached hydrogens (primary N) is 1. The Labute approximate surface area is 105 Å². The second-order valence-electron chi connectivity index (χ2n) is 3.99. The maximum Gasteiger partial charge on any atom is 0.256 e. The Morgan fingerprint density at radius 3 is 2.39 bits per heavy atom. The molecule has 4 nitrogen and oxygen atoms in total. The summed E-state index contributed by atoms with van der Waals surface area (Å²) < 4.78 is 37.2. The first kappa shape index (κ1) is 12.9. The molecule has 2 rings (SSSR count). The molecule has 7 heteroatoms. The molecular weight excluding hydrogens is 262 g/mol. The molecule has 1 aliphatic rings. The largest absolute Gasteiger partial charge is 0.398 e. The van der Waals surface area contributed by atoms with Crippen LogP contribution in [0.4, 0.5) is 14.5 Å². The van der Waals surface area contributed by atoms with Gasteiger partial charge in [0.15, 0.2) is 11.6 Å². The number of carbonyl (C=O) groups excluding carboxylic acids is 1. The lowest BCUT2D eigenvalue weighted by molar-refractivity contribution is 0.0771. The third-order valence-corrected chi connectivity index (χ3v) is 4.06. The van der Waals surface area contributed by atoms with Gasteiger partial charge in [-0.3, -0.25) is 9.00 Å². The molecular formula is C11H12F2N2O2S. The maximum atomic E-state index is 13.1. The molecule has 1 saturated heterocycles. The Kier molecular flexibility index (Phi) is 3.60. The van der Waals surface area contributed by atoms with Gasteiger partial charge in [-0.05, 0) is 6.07 Å². The van der Waals surface area contributed by atoms with Gasteiger partial charge in [0.1, 0.15) is 0 Å². The number of nitrogen functional groups attached to an aromatic ring is 1. The molecule has 18 heavy (non-hydrogen) atoms. The van der Waals surface area contributed by atoms with E-state index in [1.165, 1.54) is 4.90 Å². The number of anilines is 1. The van der Waals surface area contributed by atoms with Crippen molar-refractivity contribution in [3.05, 3.63) is 29.3 Å². The fraction of sp³-hybridized carbons (Fsp3) is 0.364. The van der Waals surface area contributed by atoms with Crippen LogP contribution in [0.1, 0.15) is 10.4 Å². The molecule has 0 aromatic heterocycles. The lowest BCUT2D eigenvalue weighted by atomic mass is 10.1. The van der Waals surface area contributed by atoms with Crippen molar-refractivity contribution in [1.82, 2.24) is 4.90 Å². The van der Waals surface area contributed by atoms with E-state index in [1.807, 2.05) is 0 Å². The van der Waals surface area contributed by atoms with Crippen LogP contribution in [0, 0.1) is 11.6 Å². The first-order valence-corrected chi connectivity index (χ1v) is 6.86. The summed E-state index contributed by atoms with van der Waals surface area (Å²) in [6.07, 6.45) is 0. The molecule has 1 fully saturated rings. The van der Waals surface area contributed by atoms with Gasteiger partial charge < -0.3 is 10.6 Å². The number of hydrogen-bond donors (Lipinski definition) is 1. The third kappa shape index (κ3) is 2.50. The summed E-state index contributed by atoms with van der Waals surface area (Å²) in [7, 11) is -0.906. The molecule has 0 unspecified atom stereocenters. The van der Waals surface area contributed by atoms with Gasteiger partial charge in [0.05, 0.1) is 5.56 Å². The fourth-order valence-electron chi connectivity index (χ4n) is 1.76. The van der Waals surface area contributed by atoms with Crippen LogP contribution in [0.15, 0.2) is 12.1 Å². The quantitative estimate of drug-likeness (QED) is 0.769. The Morgan fingerprint density at radius 1 is 1.22 bits per heavy atom. The van der Waals surface area contributed by atoms with E-state index in [9.17, 15) is 17.8 Å². The van der Waals surface area contributed by atoms with Crippen LogP contribution in [0.2, 0.25) is 0 Å². The van der Waals surface area contributed by atoms with Gasteiger partial charge in [-0.2, -0.15) is 0 Å². The first-order valence-electron chi connectivity index (χ1n) is 5.38. The number of nitrogens with zero attached hydrogens (tertiary/aromatic N) is 1. The van der Waals surface area contributed by atoms with Gasteiger partial charge >= 0.3 is 0 Å². The lowest BCUT2D eigenvalue weighted by Crippen LogP contribution is -2.42. The second-order valence-corrected chi connectivity index (χ2v) is 5.69. The highest BCUT2D eigenvalue weighted by Crippen LogP contribution is 2.19. The van der Waals surface area contributed by atoms with Gasteiger partial charge in [0, 0.05) is 47.1 Å². The van der Waals surface area contributed by atoms with E-state index in [2.05, 4.69) is 0 Å². The minimum atomic E-state index is -1.10. The average molecular weight is 274 g/mol. The van der Waals surface area contributed by atoms with E-state index in [0.717, 1.165) is 12.1 Å². The standard InChI is InChI=1S/C11H12F2N2O2S/c12-8-5-7(10(14)6-9(8)13)11(16)15-1-3-18(17)4-2-15/h5-6H,1-4,14H2. The van der Waals surface area contributed by atoms with Crippen LogP contribution in [0.3, 0.4) is 0 Å². The molecule has 0 aliphatic carbocycles. The van der Waals surface area contributed by atoms with Crippen LogP contribution in [-0.2, 0) is 10.8 Å². The Morgan fingerprint density at radius 2 is 1.78 bits per heavy atom. The predicted octanol–water partition coefficient (Wildman–Crippen LogP) is 0.752. The summed E-state index contributed by atoms with van der Waals surface area (Å²) in [6, 6.07) is 1.60. The summed E-state index contributed by atoms with van der Waals surface area (Å²) in [6.45, 7) is 0.674. The Bertz CT molecular complexity index is 512. The molecule has 0 bridgehead atoms. The molecule has 1 aromatic carbocycles. The molecule has 0 atom stereocenters. The van der Waals surface area contributed by atoms with E-state index in [1.54, 1.807) is 0 Å². The van der Waals surface area contributed by atoms with Gasteiger partial charge in [0.2, 0.25) is 0 Å². The highest BCUT2D eigenvalue weighted by atomic mass is 32.2. The molecule has 1 aliphatic heterocycles. The molecule has 0 spiro atoms. The number of amides is 1. The Hall–Kier alpha value is -1.50. The monoisotopic (exact) mass is 274 g/mol. The first-order chi connectivity index (χ1) is 8.49. The highest BCUT2D eigenvalue weighted by Gasteiger charge is 2.23. The van der Waals surface area contributed by atoms with Crippen molar-refractivity contribution in [2.24, 2.45) is 0 Å². The number of rotatable bonds is 1. The summed E-state index contributed by atoms with van der Waals surface area (Å²) in [5.74, 6) is -1.84. The molecule has 0 radical (unpaired) electrons.